The average molecular weight is 417 g/mol. The minimum Gasteiger partial charge on any atom is -0.496 e. The highest BCUT2D eigenvalue weighted by Gasteiger charge is 2.35. The lowest BCUT2D eigenvalue weighted by molar-refractivity contribution is -0.137. The van der Waals surface area contributed by atoms with Crippen molar-refractivity contribution in [3.05, 3.63) is 76.9 Å². The predicted octanol–water partition coefficient (Wildman–Crippen LogP) is 5.13. The van der Waals surface area contributed by atoms with Crippen LogP contribution in [0.4, 0.5) is 13.2 Å². The Morgan fingerprint density at radius 2 is 1.80 bits per heavy atom. The third kappa shape index (κ3) is 4.72. The number of halogens is 3. The van der Waals surface area contributed by atoms with Crippen LogP contribution in [-0.2, 0) is 11.0 Å². The molecule has 30 heavy (non-hydrogen) atoms. The Balaban J connectivity index is 1.82. The summed E-state index contributed by atoms with van der Waals surface area (Å²) in [5.74, 6) is -0.430. The first-order valence-corrected chi connectivity index (χ1v) is 9.55. The highest BCUT2D eigenvalue weighted by atomic mass is 19.4. The number of alkyl halides is 3. The molecule has 1 aliphatic heterocycles. The summed E-state index contributed by atoms with van der Waals surface area (Å²) >= 11 is 0. The molecular weight excluding hydrogens is 395 g/mol. The number of allylic oxidation sites excluding steroid dienone is 1. The normalized spacial score (nSPS) is 16.8. The molecular formula is C23H22F3NO3. The summed E-state index contributed by atoms with van der Waals surface area (Å²) in [7, 11) is 1.38. The van der Waals surface area contributed by atoms with Gasteiger partial charge in [-0.1, -0.05) is 29.8 Å². The Kier molecular flexibility index (Phi) is 6.29. The van der Waals surface area contributed by atoms with Crippen molar-refractivity contribution in [3.63, 3.8) is 0 Å². The molecule has 1 fully saturated rings. The summed E-state index contributed by atoms with van der Waals surface area (Å²) in [6.07, 6.45) is -0.945. The second-order valence-corrected chi connectivity index (χ2v) is 7.21. The van der Waals surface area contributed by atoms with Crippen LogP contribution >= 0.6 is 0 Å². The molecule has 1 atom stereocenters. The van der Waals surface area contributed by atoms with E-state index in [0.29, 0.717) is 36.3 Å². The monoisotopic (exact) mass is 417 g/mol. The van der Waals surface area contributed by atoms with Crippen molar-refractivity contribution in [1.29, 1.82) is 0 Å². The van der Waals surface area contributed by atoms with Crippen LogP contribution < -0.4 is 4.74 Å². The zero-order chi connectivity index (χ0) is 21.9. The number of amides is 1. The topological polar surface area (TPSA) is 46.6 Å². The van der Waals surface area contributed by atoms with Crippen LogP contribution in [0.15, 0.2) is 54.6 Å². The molecule has 2 aromatic rings. The summed E-state index contributed by atoms with van der Waals surface area (Å²) in [5, 5.41) is 0. The van der Waals surface area contributed by atoms with E-state index in [1.807, 2.05) is 6.92 Å². The molecule has 1 amide bonds. The molecule has 0 radical (unpaired) electrons. The maximum Gasteiger partial charge on any atom is 0.416 e. The lowest BCUT2D eigenvalue weighted by atomic mass is 10.00. The number of methoxy groups -OCH3 is 1. The van der Waals surface area contributed by atoms with Crippen LogP contribution in [0, 0.1) is 6.92 Å². The zero-order valence-corrected chi connectivity index (χ0v) is 16.7. The smallest absolute Gasteiger partial charge is 0.416 e. The van der Waals surface area contributed by atoms with Gasteiger partial charge in [0.1, 0.15) is 5.75 Å². The molecule has 0 aliphatic carbocycles. The summed E-state index contributed by atoms with van der Waals surface area (Å²) in [5.41, 5.74) is 1.00. The number of nitrogens with zero attached hydrogens (tertiary/aromatic N) is 1. The van der Waals surface area contributed by atoms with Crippen molar-refractivity contribution in [3.8, 4) is 5.75 Å². The van der Waals surface area contributed by atoms with Gasteiger partial charge in [0, 0.05) is 23.7 Å². The van der Waals surface area contributed by atoms with E-state index in [4.69, 9.17) is 4.74 Å². The molecule has 0 N–H and O–H groups in total. The number of ether oxygens (including phenoxy) is 1. The average Bonchev–Trinajstić information content (AvgIpc) is 3.21. The van der Waals surface area contributed by atoms with Gasteiger partial charge in [-0.15, -0.1) is 0 Å². The van der Waals surface area contributed by atoms with Gasteiger partial charge in [-0.3, -0.25) is 9.59 Å². The van der Waals surface area contributed by atoms with Crippen LogP contribution in [-0.4, -0.2) is 30.2 Å². The van der Waals surface area contributed by atoms with Gasteiger partial charge in [-0.2, -0.15) is 13.2 Å². The molecule has 1 heterocycles. The maximum absolute atomic E-state index is 13.2. The third-order valence-electron chi connectivity index (χ3n) is 5.17. The van der Waals surface area contributed by atoms with Gasteiger partial charge in [-0.25, -0.2) is 0 Å². The molecule has 1 aliphatic rings. The van der Waals surface area contributed by atoms with E-state index in [1.54, 1.807) is 24.3 Å². The first-order valence-electron chi connectivity index (χ1n) is 9.55. The predicted molar refractivity (Wildman–Crippen MR) is 106 cm³/mol. The van der Waals surface area contributed by atoms with E-state index < -0.39 is 23.7 Å². The fraction of sp³-hybridized carbons (Fsp3) is 0.304. The quantitative estimate of drug-likeness (QED) is 0.501. The molecule has 4 nitrogen and oxygen atoms in total. The van der Waals surface area contributed by atoms with Crippen LogP contribution in [0.1, 0.15) is 45.9 Å². The van der Waals surface area contributed by atoms with Crippen molar-refractivity contribution in [2.45, 2.75) is 32.0 Å². The lowest BCUT2D eigenvalue weighted by Gasteiger charge is -2.26. The molecule has 0 bridgehead atoms. The maximum atomic E-state index is 13.2. The largest absolute Gasteiger partial charge is 0.496 e. The number of hydrogen-bond donors (Lipinski definition) is 0. The number of ketones is 1. The first-order chi connectivity index (χ1) is 14.2. The van der Waals surface area contributed by atoms with Crippen LogP contribution in [0.2, 0.25) is 0 Å². The van der Waals surface area contributed by atoms with Crippen molar-refractivity contribution < 1.29 is 27.5 Å². The van der Waals surface area contributed by atoms with Gasteiger partial charge >= 0.3 is 6.18 Å². The SMILES string of the molecule is COc1ccc(C(F)(F)F)cc1C1CCCN1C(=O)/C=C/C(=O)c1ccc(C)cc1. The van der Waals surface area contributed by atoms with Gasteiger partial charge in [0.25, 0.3) is 0 Å². The molecule has 1 unspecified atom stereocenters. The van der Waals surface area contributed by atoms with Crippen LogP contribution in [0.25, 0.3) is 0 Å². The van der Waals surface area contributed by atoms with Gasteiger partial charge in [0.2, 0.25) is 5.91 Å². The summed E-state index contributed by atoms with van der Waals surface area (Å²) < 4.78 is 44.8. The number of benzene rings is 2. The summed E-state index contributed by atoms with van der Waals surface area (Å²) in [6, 6.07) is 9.69. The fourth-order valence-corrected chi connectivity index (χ4v) is 3.58. The second kappa shape index (κ2) is 8.73. The lowest BCUT2D eigenvalue weighted by Crippen LogP contribution is -2.29. The molecule has 158 valence electrons. The summed E-state index contributed by atoms with van der Waals surface area (Å²) in [6.45, 7) is 2.30. The van der Waals surface area contributed by atoms with Gasteiger partial charge in [0.05, 0.1) is 18.7 Å². The molecule has 0 aromatic heterocycles. The van der Waals surface area contributed by atoms with Crippen molar-refractivity contribution in [2.24, 2.45) is 0 Å². The fourth-order valence-electron chi connectivity index (χ4n) is 3.58. The Morgan fingerprint density at radius 1 is 1.10 bits per heavy atom. The number of hydrogen-bond acceptors (Lipinski definition) is 3. The van der Waals surface area contributed by atoms with E-state index in [2.05, 4.69) is 0 Å². The van der Waals surface area contributed by atoms with E-state index in [0.717, 1.165) is 17.7 Å². The van der Waals surface area contributed by atoms with Crippen LogP contribution in [0.3, 0.4) is 0 Å². The Hall–Kier alpha value is -3.09. The van der Waals surface area contributed by atoms with Crippen LogP contribution in [0.5, 0.6) is 5.75 Å². The molecule has 3 rings (SSSR count). The number of carbonyl (C=O) groups excluding carboxylic acids is 2. The molecule has 0 saturated carbocycles. The van der Waals surface area contributed by atoms with Crippen molar-refractivity contribution in [1.82, 2.24) is 4.90 Å². The molecule has 7 heteroatoms. The van der Waals surface area contributed by atoms with E-state index in [1.165, 1.54) is 30.2 Å². The summed E-state index contributed by atoms with van der Waals surface area (Å²) in [4.78, 5) is 26.5. The molecule has 2 aromatic carbocycles. The highest BCUT2D eigenvalue weighted by Crippen LogP contribution is 2.40. The Morgan fingerprint density at radius 3 is 2.43 bits per heavy atom. The van der Waals surface area contributed by atoms with E-state index in [-0.39, 0.29) is 5.78 Å². The van der Waals surface area contributed by atoms with Crippen molar-refractivity contribution >= 4 is 11.7 Å². The Labute approximate surface area is 173 Å². The van der Waals surface area contributed by atoms with E-state index >= 15 is 0 Å². The minimum absolute atomic E-state index is 0.299. The standard InChI is InChI=1S/C23H22F3NO3/c1-15-5-7-16(8-6-15)20(28)10-12-22(29)27-13-3-4-19(27)18-14-17(23(24,25)26)9-11-21(18)30-2/h5-12,14,19H,3-4,13H2,1-2H3/b12-10+. The molecule has 0 spiro atoms. The molecule has 1 saturated heterocycles. The number of aryl methyl sites for hydroxylation is 1. The highest BCUT2D eigenvalue weighted by molar-refractivity contribution is 6.07. The van der Waals surface area contributed by atoms with Gasteiger partial charge in [0.15, 0.2) is 5.78 Å². The minimum atomic E-state index is -4.49. The number of likely N-dealkylation sites (tertiary alicyclic amines) is 1. The van der Waals surface area contributed by atoms with Gasteiger partial charge in [-0.05, 0) is 44.0 Å². The zero-order valence-electron chi connectivity index (χ0n) is 16.7. The third-order valence-corrected chi connectivity index (χ3v) is 5.17. The van der Waals surface area contributed by atoms with E-state index in [9.17, 15) is 22.8 Å². The van der Waals surface area contributed by atoms with Crippen molar-refractivity contribution in [2.75, 3.05) is 13.7 Å². The van der Waals surface area contributed by atoms with Gasteiger partial charge < -0.3 is 9.64 Å². The Bertz CT molecular complexity index is 965. The number of carbonyl (C=O) groups is 2. The second-order valence-electron chi connectivity index (χ2n) is 7.21. The first kappa shape index (κ1) is 21.6. The number of rotatable bonds is 5.